The Hall–Kier alpha value is -9.71. The van der Waals surface area contributed by atoms with Gasteiger partial charge in [0.25, 0.3) is 0 Å². The Morgan fingerprint density at radius 3 is 1.30 bits per heavy atom. The van der Waals surface area contributed by atoms with Gasteiger partial charge in [0.2, 0.25) is 0 Å². The zero-order valence-corrected chi connectivity index (χ0v) is 51.6. The topological polar surface area (TPSA) is 28.2 Å². The molecule has 418 valence electrons. The Morgan fingerprint density at radius 1 is 0.341 bits per heavy atom. The number of ether oxygens (including phenoxy) is 2. The van der Waals surface area contributed by atoms with Crippen LogP contribution in [0.5, 0.6) is 23.0 Å². The van der Waals surface area contributed by atoms with Crippen molar-refractivity contribution in [2.24, 2.45) is 0 Å². The van der Waals surface area contributed by atoms with Gasteiger partial charge in [-0.25, -0.2) is 0 Å². The summed E-state index contributed by atoms with van der Waals surface area (Å²) in [7, 11) is 0. The van der Waals surface area contributed by atoms with Crippen LogP contribution in [0.15, 0.2) is 249 Å². The van der Waals surface area contributed by atoms with E-state index >= 15 is 0 Å². The monoisotopic (exact) mass is 1200 g/mol. The minimum absolute atomic E-state index is 0.00255. The second-order valence-corrected chi connectivity index (χ2v) is 27.7. The fourth-order valence-electron chi connectivity index (χ4n) is 16.4. The molecule has 18 rings (SSSR count). The molecule has 2 aliphatic carbocycles. The first kappa shape index (κ1) is 51.5. The molecule has 0 bridgehead atoms. The molecular formula is C80H59B2N3O2Se. The molecule has 8 heteroatoms. The van der Waals surface area contributed by atoms with Gasteiger partial charge in [0, 0.05) is 0 Å². The average molecular weight is 1190 g/mol. The minimum atomic E-state index is -0.429. The molecule has 12 aromatic carbocycles. The third kappa shape index (κ3) is 7.13. The van der Waals surface area contributed by atoms with Crippen molar-refractivity contribution in [1.29, 1.82) is 0 Å². The van der Waals surface area contributed by atoms with Crippen LogP contribution in [0.1, 0.15) is 61.1 Å². The van der Waals surface area contributed by atoms with Crippen LogP contribution in [0, 0.1) is 13.8 Å². The second-order valence-electron chi connectivity index (χ2n) is 25.5. The molecule has 12 aromatic rings. The molecule has 5 nitrogen and oxygen atoms in total. The van der Waals surface area contributed by atoms with Gasteiger partial charge >= 0.3 is 442 Å². The molecule has 0 aromatic heterocycles. The van der Waals surface area contributed by atoms with Crippen LogP contribution in [0.4, 0.5) is 51.2 Å². The predicted molar refractivity (Wildman–Crippen MR) is 369 cm³/mol. The van der Waals surface area contributed by atoms with Crippen molar-refractivity contribution >= 4 is 121 Å². The maximum absolute atomic E-state index is 6.67. The van der Waals surface area contributed by atoms with Crippen LogP contribution >= 0.6 is 0 Å². The van der Waals surface area contributed by atoms with Gasteiger partial charge in [-0.05, 0) is 24.3 Å². The summed E-state index contributed by atoms with van der Waals surface area (Å²) >= 11 is 0.00255. The molecule has 0 saturated heterocycles. The zero-order chi connectivity index (χ0) is 58.9. The summed E-state index contributed by atoms with van der Waals surface area (Å²) in [6.45, 7) is 14.6. The van der Waals surface area contributed by atoms with Crippen LogP contribution in [-0.4, -0.2) is 28.4 Å². The number of benzene rings is 12. The molecule has 0 amide bonds. The van der Waals surface area contributed by atoms with Gasteiger partial charge in [-0.2, -0.15) is 0 Å². The Bertz CT molecular complexity index is 4940. The van der Waals surface area contributed by atoms with E-state index in [2.05, 4.69) is 244 Å². The van der Waals surface area contributed by atoms with E-state index in [1.165, 1.54) is 131 Å². The first-order valence-corrected chi connectivity index (χ1v) is 32.5. The summed E-state index contributed by atoms with van der Waals surface area (Å²) in [5, 5.41) is 0. The van der Waals surface area contributed by atoms with Crippen LogP contribution < -0.4 is 65.9 Å². The van der Waals surface area contributed by atoms with Gasteiger partial charge in [0.05, 0.1) is 0 Å². The number of anilines is 9. The maximum atomic E-state index is 6.67. The van der Waals surface area contributed by atoms with Gasteiger partial charge in [-0.3, -0.25) is 0 Å². The summed E-state index contributed by atoms with van der Waals surface area (Å²) in [6, 6.07) is 91.5. The van der Waals surface area contributed by atoms with E-state index in [1.807, 2.05) is 60.7 Å². The fourth-order valence-corrected chi connectivity index (χ4v) is 19.5. The summed E-state index contributed by atoms with van der Waals surface area (Å²) in [5.74, 6) is 3.36. The number of para-hydroxylation sites is 6. The Labute approximate surface area is 521 Å². The zero-order valence-electron chi connectivity index (χ0n) is 49.9. The van der Waals surface area contributed by atoms with E-state index in [0.717, 1.165) is 40.1 Å². The van der Waals surface area contributed by atoms with Crippen LogP contribution in [0.3, 0.4) is 0 Å². The standard InChI is InChI=1S/C80H59B2N3O2Se/c1-48-71-75(49(2)76-72(48)82-64-37-23-25-39-68(64)88-78-70-60(47-67(74(78)82)85(76)52-30-16-9-17-31-52)58-43-41-56(45-62(58)80(70,5)6)87-54-34-20-11-21-35-54)84(51-28-14-8-15-29-51)66-46-59-57-42-40-55(86-53-32-18-10-19-33-53)44-61(57)79(3,4)69(59)77-73(66)81(71)63-36-22-24-38-65(63)83(77)50-26-12-7-13-27-50/h7-47H,1-6H3. The fraction of sp³-hybridized carbons (Fsp3) is 0.100. The van der Waals surface area contributed by atoms with Crippen molar-refractivity contribution in [3.63, 3.8) is 0 Å². The molecule has 4 heterocycles. The normalized spacial score (nSPS) is 15.0. The van der Waals surface area contributed by atoms with E-state index in [9.17, 15) is 0 Å². The summed E-state index contributed by atoms with van der Waals surface area (Å²) < 4.78 is 16.2. The summed E-state index contributed by atoms with van der Waals surface area (Å²) in [6.07, 6.45) is 0. The van der Waals surface area contributed by atoms with E-state index < -0.39 is 5.41 Å². The Morgan fingerprint density at radius 2 is 0.761 bits per heavy atom. The van der Waals surface area contributed by atoms with Crippen molar-refractivity contribution in [2.75, 3.05) is 14.7 Å². The van der Waals surface area contributed by atoms with E-state index in [-0.39, 0.29) is 33.8 Å². The number of hydrogen-bond acceptors (Lipinski definition) is 5. The van der Waals surface area contributed by atoms with Crippen LogP contribution in [0.25, 0.3) is 22.3 Å². The number of hydrogen-bond donors (Lipinski definition) is 0. The van der Waals surface area contributed by atoms with Gasteiger partial charge in [0.15, 0.2) is 0 Å². The van der Waals surface area contributed by atoms with E-state index in [1.54, 1.807) is 0 Å². The van der Waals surface area contributed by atoms with Crippen LogP contribution in [0.2, 0.25) is 0 Å². The second kappa shape index (κ2) is 18.9. The van der Waals surface area contributed by atoms with Crippen LogP contribution in [-0.2, 0) is 10.8 Å². The average Bonchev–Trinajstić information content (AvgIpc) is 1.10. The van der Waals surface area contributed by atoms with Crippen molar-refractivity contribution in [2.45, 2.75) is 52.4 Å². The van der Waals surface area contributed by atoms with E-state index in [4.69, 9.17) is 9.47 Å². The molecule has 0 N–H and O–H groups in total. The molecule has 0 atom stereocenters. The Kier molecular flexibility index (Phi) is 11.1. The molecule has 0 unspecified atom stereocenters. The number of rotatable bonds is 7. The third-order valence-electron chi connectivity index (χ3n) is 20.0. The molecule has 0 saturated carbocycles. The van der Waals surface area contributed by atoms with Gasteiger partial charge < -0.3 is 4.74 Å². The van der Waals surface area contributed by atoms with Gasteiger partial charge in [-0.1, -0.05) is 42.5 Å². The molecular weight excluding hydrogens is 1140 g/mol. The molecule has 0 fully saturated rings. The summed E-state index contributed by atoms with van der Waals surface area (Å²) in [4.78, 5) is 7.97. The quantitative estimate of drug-likeness (QED) is 0.148. The first-order valence-electron chi connectivity index (χ1n) is 30.8. The molecule has 6 aliphatic rings. The predicted octanol–water partition coefficient (Wildman–Crippen LogP) is 14.9. The SMILES string of the molecule is Cc1c2c(c(C)c3c1B1c4ccccc4N(c4ccccc4)c4c1c(cc1c4C(C)(C)c4cc(Oc5ccccc5)ccc4-1)N3c1ccccc1)N(c1ccccc1)c1cc3c(c4c1B2c1ccccc1[Se]4)C(C)(C)c1cc(Oc2ccccc2)ccc1-3. The first-order chi connectivity index (χ1) is 43.0. The van der Waals surface area contributed by atoms with Gasteiger partial charge in [-0.15, -0.1) is 0 Å². The number of fused-ring (bicyclic) bond motifs is 16. The van der Waals surface area contributed by atoms with Crippen molar-refractivity contribution in [3.05, 3.63) is 282 Å². The van der Waals surface area contributed by atoms with Crippen molar-refractivity contribution in [3.8, 4) is 45.3 Å². The van der Waals surface area contributed by atoms with Gasteiger partial charge in [0.1, 0.15) is 11.5 Å². The Balaban J connectivity index is 0.947. The molecule has 0 spiro atoms. The number of nitrogens with zero attached hydrogens (tertiary/aromatic N) is 3. The molecule has 0 radical (unpaired) electrons. The summed E-state index contributed by atoms with van der Waals surface area (Å²) in [5.41, 5.74) is 31.4. The van der Waals surface area contributed by atoms with E-state index in [0.29, 0.717) is 0 Å². The van der Waals surface area contributed by atoms with Crippen molar-refractivity contribution < 1.29 is 9.47 Å². The third-order valence-corrected chi connectivity index (χ3v) is 22.6. The van der Waals surface area contributed by atoms with Crippen molar-refractivity contribution in [1.82, 2.24) is 0 Å². The molecule has 4 aliphatic heterocycles. The molecule has 88 heavy (non-hydrogen) atoms.